The Labute approximate surface area is 89.7 Å². The van der Waals surface area contributed by atoms with Crippen LogP contribution in [0.25, 0.3) is 0 Å². The molecule has 0 unspecified atom stereocenters. The second kappa shape index (κ2) is 4.62. The van der Waals surface area contributed by atoms with E-state index < -0.39 is 0 Å². The van der Waals surface area contributed by atoms with Gasteiger partial charge >= 0.3 is 0 Å². The molecule has 2 nitrogen and oxygen atoms in total. The SMILES string of the molecule is Cc1ccc(OCC(C)(C)CO)cc1F. The van der Waals surface area contributed by atoms with Gasteiger partial charge in [0.2, 0.25) is 0 Å². The van der Waals surface area contributed by atoms with E-state index >= 15 is 0 Å². The first-order valence-electron chi connectivity index (χ1n) is 4.94. The van der Waals surface area contributed by atoms with Crippen molar-refractivity contribution in [2.24, 2.45) is 5.41 Å². The molecule has 0 fully saturated rings. The lowest BCUT2D eigenvalue weighted by Crippen LogP contribution is -2.25. The van der Waals surface area contributed by atoms with E-state index in [1.165, 1.54) is 6.07 Å². The van der Waals surface area contributed by atoms with Crippen LogP contribution in [-0.4, -0.2) is 18.3 Å². The first-order chi connectivity index (χ1) is 6.94. The van der Waals surface area contributed by atoms with Crippen molar-refractivity contribution in [1.82, 2.24) is 0 Å². The molecule has 0 saturated carbocycles. The molecule has 84 valence electrons. The molecule has 0 bridgehead atoms. The number of rotatable bonds is 4. The summed E-state index contributed by atoms with van der Waals surface area (Å²) < 4.78 is 18.5. The van der Waals surface area contributed by atoms with Crippen molar-refractivity contribution < 1.29 is 14.2 Å². The van der Waals surface area contributed by atoms with E-state index in [9.17, 15) is 4.39 Å². The van der Waals surface area contributed by atoms with Gasteiger partial charge in [-0.1, -0.05) is 19.9 Å². The number of ether oxygens (including phenoxy) is 1. The lowest BCUT2D eigenvalue weighted by Gasteiger charge is -2.21. The fourth-order valence-electron chi connectivity index (χ4n) is 0.988. The van der Waals surface area contributed by atoms with Gasteiger partial charge in [0.15, 0.2) is 0 Å². The maximum absolute atomic E-state index is 13.2. The molecule has 0 heterocycles. The fourth-order valence-corrected chi connectivity index (χ4v) is 0.988. The Balaban J connectivity index is 2.62. The van der Waals surface area contributed by atoms with Crippen LogP contribution in [0.4, 0.5) is 4.39 Å². The molecule has 0 atom stereocenters. The van der Waals surface area contributed by atoms with Gasteiger partial charge < -0.3 is 9.84 Å². The Bertz CT molecular complexity index is 334. The molecule has 15 heavy (non-hydrogen) atoms. The smallest absolute Gasteiger partial charge is 0.129 e. The minimum Gasteiger partial charge on any atom is -0.493 e. The summed E-state index contributed by atoms with van der Waals surface area (Å²) in [6.07, 6.45) is 0. The van der Waals surface area contributed by atoms with Crippen LogP contribution in [0.3, 0.4) is 0 Å². The second-order valence-electron chi connectivity index (χ2n) is 4.52. The summed E-state index contributed by atoms with van der Waals surface area (Å²) in [4.78, 5) is 0. The van der Waals surface area contributed by atoms with Crippen molar-refractivity contribution in [3.05, 3.63) is 29.6 Å². The normalized spacial score (nSPS) is 11.5. The van der Waals surface area contributed by atoms with Gasteiger partial charge in [-0.3, -0.25) is 0 Å². The lowest BCUT2D eigenvalue weighted by molar-refractivity contribution is 0.0974. The maximum Gasteiger partial charge on any atom is 0.129 e. The van der Waals surface area contributed by atoms with Crippen molar-refractivity contribution in [3.63, 3.8) is 0 Å². The first kappa shape index (κ1) is 12.0. The van der Waals surface area contributed by atoms with Crippen molar-refractivity contribution in [1.29, 1.82) is 0 Å². The number of halogens is 1. The van der Waals surface area contributed by atoms with Crippen LogP contribution in [0.15, 0.2) is 18.2 Å². The van der Waals surface area contributed by atoms with Gasteiger partial charge in [0.05, 0.1) is 13.2 Å². The van der Waals surface area contributed by atoms with E-state index in [1.807, 2.05) is 13.8 Å². The van der Waals surface area contributed by atoms with Crippen molar-refractivity contribution in [2.75, 3.05) is 13.2 Å². The molecular weight excluding hydrogens is 195 g/mol. The van der Waals surface area contributed by atoms with E-state index in [2.05, 4.69) is 0 Å². The minimum absolute atomic E-state index is 0.0430. The second-order valence-corrected chi connectivity index (χ2v) is 4.52. The van der Waals surface area contributed by atoms with E-state index in [0.717, 1.165) is 0 Å². The van der Waals surface area contributed by atoms with Gasteiger partial charge in [0.25, 0.3) is 0 Å². The van der Waals surface area contributed by atoms with Crippen LogP contribution in [-0.2, 0) is 0 Å². The standard InChI is InChI=1S/C12H17FO2/c1-9-4-5-10(6-11(9)13)15-8-12(2,3)7-14/h4-6,14H,7-8H2,1-3H3. The number of hydrogen-bond donors (Lipinski definition) is 1. The summed E-state index contributed by atoms with van der Waals surface area (Å²) >= 11 is 0. The third-order valence-corrected chi connectivity index (χ3v) is 2.20. The van der Waals surface area contributed by atoms with Gasteiger partial charge in [-0.15, -0.1) is 0 Å². The van der Waals surface area contributed by atoms with Crippen LogP contribution < -0.4 is 4.74 Å². The van der Waals surface area contributed by atoms with Crippen LogP contribution in [0.5, 0.6) is 5.75 Å². The highest BCUT2D eigenvalue weighted by Gasteiger charge is 2.17. The molecule has 0 aliphatic carbocycles. The average Bonchev–Trinajstić information content (AvgIpc) is 2.20. The predicted molar refractivity (Wildman–Crippen MR) is 57.5 cm³/mol. The summed E-state index contributed by atoms with van der Waals surface area (Å²) in [7, 11) is 0. The van der Waals surface area contributed by atoms with Crippen molar-refractivity contribution in [3.8, 4) is 5.75 Å². The largest absolute Gasteiger partial charge is 0.493 e. The molecule has 0 spiro atoms. The summed E-state index contributed by atoms with van der Waals surface area (Å²) in [5.74, 6) is 0.230. The number of aliphatic hydroxyl groups excluding tert-OH is 1. The van der Waals surface area contributed by atoms with E-state index in [4.69, 9.17) is 9.84 Å². The summed E-state index contributed by atoms with van der Waals surface area (Å²) in [6.45, 7) is 5.89. The molecule has 0 saturated heterocycles. The van der Waals surface area contributed by atoms with Crippen LogP contribution in [0, 0.1) is 18.2 Å². The molecule has 1 rings (SSSR count). The number of aryl methyl sites for hydroxylation is 1. The highest BCUT2D eigenvalue weighted by Crippen LogP contribution is 2.20. The average molecular weight is 212 g/mol. The topological polar surface area (TPSA) is 29.5 Å². The maximum atomic E-state index is 13.2. The third-order valence-electron chi connectivity index (χ3n) is 2.20. The van der Waals surface area contributed by atoms with Crippen molar-refractivity contribution in [2.45, 2.75) is 20.8 Å². The highest BCUT2D eigenvalue weighted by molar-refractivity contribution is 5.28. The molecule has 1 aromatic carbocycles. The van der Waals surface area contributed by atoms with Gasteiger partial charge in [-0.2, -0.15) is 0 Å². The zero-order valence-electron chi connectivity index (χ0n) is 9.38. The van der Waals surface area contributed by atoms with Gasteiger partial charge in [0, 0.05) is 11.5 Å². The number of hydrogen-bond acceptors (Lipinski definition) is 2. The molecule has 0 aliphatic heterocycles. The number of aliphatic hydroxyl groups is 1. The zero-order valence-corrected chi connectivity index (χ0v) is 9.38. The molecule has 1 N–H and O–H groups in total. The van der Waals surface area contributed by atoms with Crippen LogP contribution in [0.2, 0.25) is 0 Å². The Kier molecular flexibility index (Phi) is 3.69. The van der Waals surface area contributed by atoms with Crippen LogP contribution in [0.1, 0.15) is 19.4 Å². The quantitative estimate of drug-likeness (QED) is 0.831. The molecule has 0 aliphatic rings. The first-order valence-corrected chi connectivity index (χ1v) is 4.94. The monoisotopic (exact) mass is 212 g/mol. The van der Waals surface area contributed by atoms with Gasteiger partial charge in [-0.25, -0.2) is 4.39 Å². The van der Waals surface area contributed by atoms with Gasteiger partial charge in [-0.05, 0) is 18.6 Å². The third kappa shape index (κ3) is 3.51. The van der Waals surface area contributed by atoms with E-state index in [1.54, 1.807) is 19.1 Å². The molecule has 1 aromatic rings. The van der Waals surface area contributed by atoms with E-state index in [-0.39, 0.29) is 17.8 Å². The minimum atomic E-state index is -0.304. The van der Waals surface area contributed by atoms with Gasteiger partial charge in [0.1, 0.15) is 11.6 Å². The summed E-state index contributed by atoms with van der Waals surface area (Å²) in [5, 5.41) is 9.02. The zero-order chi connectivity index (χ0) is 11.5. The lowest BCUT2D eigenvalue weighted by atomic mass is 9.96. The molecule has 0 radical (unpaired) electrons. The highest BCUT2D eigenvalue weighted by atomic mass is 19.1. The summed E-state index contributed by atoms with van der Waals surface area (Å²) in [6, 6.07) is 4.77. The predicted octanol–water partition coefficient (Wildman–Crippen LogP) is 2.53. The Morgan fingerprint density at radius 1 is 1.40 bits per heavy atom. The Morgan fingerprint density at radius 2 is 2.07 bits per heavy atom. The molecule has 3 heteroatoms. The van der Waals surface area contributed by atoms with Crippen LogP contribution >= 0.6 is 0 Å². The Hall–Kier alpha value is -1.09. The number of benzene rings is 1. The fraction of sp³-hybridized carbons (Fsp3) is 0.500. The molecule has 0 amide bonds. The van der Waals surface area contributed by atoms with Crippen molar-refractivity contribution >= 4 is 0 Å². The molecule has 0 aromatic heterocycles. The molecular formula is C12H17FO2. The summed E-state index contributed by atoms with van der Waals surface area (Å²) in [5.41, 5.74) is 0.297. The van der Waals surface area contributed by atoms with E-state index in [0.29, 0.717) is 17.9 Å². The Morgan fingerprint density at radius 3 is 2.60 bits per heavy atom.